The molecule has 0 amide bonds. The Labute approximate surface area is 112 Å². The number of nitrogens with one attached hydrogen (secondary N) is 1. The van der Waals surface area contributed by atoms with Crippen LogP contribution in [-0.4, -0.2) is 19.9 Å². The van der Waals surface area contributed by atoms with Crippen LogP contribution in [-0.2, 0) is 22.2 Å². The molecule has 0 aliphatic heterocycles. The van der Waals surface area contributed by atoms with E-state index in [4.69, 9.17) is 4.42 Å². The highest BCUT2D eigenvalue weighted by Crippen LogP contribution is 2.07. The van der Waals surface area contributed by atoms with Gasteiger partial charge < -0.3 is 4.42 Å². The Morgan fingerprint density at radius 3 is 2.63 bits per heavy atom. The number of rotatable bonds is 6. The van der Waals surface area contributed by atoms with Crippen LogP contribution in [0, 0.1) is 6.92 Å². The van der Waals surface area contributed by atoms with Gasteiger partial charge in [0.1, 0.15) is 6.26 Å². The van der Waals surface area contributed by atoms with E-state index in [1.165, 1.54) is 12.7 Å². The monoisotopic (exact) mass is 280 g/mol. The molecule has 0 bridgehead atoms. The number of aromatic nitrogens is 1. The van der Waals surface area contributed by atoms with Crippen LogP contribution in [0.3, 0.4) is 0 Å². The Morgan fingerprint density at radius 2 is 2.00 bits per heavy atom. The molecule has 0 fully saturated rings. The van der Waals surface area contributed by atoms with Gasteiger partial charge in [-0.25, -0.2) is 18.1 Å². The number of hydrogen-bond donors (Lipinski definition) is 1. The Balaban J connectivity index is 1.86. The lowest BCUT2D eigenvalue weighted by Gasteiger charge is -2.06. The molecule has 0 saturated carbocycles. The van der Waals surface area contributed by atoms with Gasteiger partial charge in [-0.15, -0.1) is 0 Å². The van der Waals surface area contributed by atoms with Gasteiger partial charge in [0.15, 0.2) is 6.39 Å². The minimum Gasteiger partial charge on any atom is -0.451 e. The molecule has 0 spiro atoms. The average molecular weight is 280 g/mol. The van der Waals surface area contributed by atoms with Crippen molar-refractivity contribution in [1.82, 2.24) is 9.71 Å². The van der Waals surface area contributed by atoms with E-state index in [2.05, 4.69) is 9.71 Å². The Kier molecular flexibility index (Phi) is 4.34. The largest absolute Gasteiger partial charge is 0.451 e. The lowest BCUT2D eigenvalue weighted by molar-refractivity contribution is 0.555. The van der Waals surface area contributed by atoms with Crippen LogP contribution >= 0.6 is 0 Å². The second-order valence-corrected chi connectivity index (χ2v) is 6.18. The smallest absolute Gasteiger partial charge is 0.215 e. The van der Waals surface area contributed by atoms with Crippen molar-refractivity contribution in [3.63, 3.8) is 0 Å². The van der Waals surface area contributed by atoms with E-state index in [0.717, 1.165) is 16.8 Å². The van der Waals surface area contributed by atoms with E-state index in [1.807, 2.05) is 31.2 Å². The highest BCUT2D eigenvalue weighted by atomic mass is 32.2. The van der Waals surface area contributed by atoms with Crippen molar-refractivity contribution < 1.29 is 12.8 Å². The molecule has 0 unspecified atom stereocenters. The predicted molar refractivity (Wildman–Crippen MR) is 72.0 cm³/mol. The van der Waals surface area contributed by atoms with Gasteiger partial charge in [0.05, 0.1) is 11.4 Å². The summed E-state index contributed by atoms with van der Waals surface area (Å²) in [7, 11) is -3.31. The summed E-state index contributed by atoms with van der Waals surface area (Å²) in [5.41, 5.74) is 2.62. The zero-order valence-electron chi connectivity index (χ0n) is 10.7. The summed E-state index contributed by atoms with van der Waals surface area (Å²) in [6.07, 6.45) is 3.36. The van der Waals surface area contributed by atoms with Gasteiger partial charge in [-0.2, -0.15) is 0 Å². The number of oxazole rings is 1. The molecule has 1 aromatic carbocycles. The third-order valence-electron chi connectivity index (χ3n) is 2.66. The van der Waals surface area contributed by atoms with Gasteiger partial charge in [0.25, 0.3) is 0 Å². The summed E-state index contributed by atoms with van der Waals surface area (Å²) >= 11 is 0. The fraction of sp³-hybridized carbons (Fsp3) is 0.308. The first-order valence-electron chi connectivity index (χ1n) is 5.95. The van der Waals surface area contributed by atoms with Crippen molar-refractivity contribution in [2.75, 3.05) is 6.54 Å². The van der Waals surface area contributed by atoms with Crippen molar-refractivity contribution in [1.29, 1.82) is 0 Å². The van der Waals surface area contributed by atoms with Crippen molar-refractivity contribution >= 4 is 10.0 Å². The number of hydrogen-bond acceptors (Lipinski definition) is 4. The lowest BCUT2D eigenvalue weighted by Crippen LogP contribution is -2.27. The Bertz CT molecular complexity index is 604. The first-order valence-corrected chi connectivity index (χ1v) is 7.60. The van der Waals surface area contributed by atoms with Crippen LogP contribution in [0.1, 0.15) is 16.8 Å². The van der Waals surface area contributed by atoms with Gasteiger partial charge in [-0.05, 0) is 12.5 Å². The summed E-state index contributed by atoms with van der Waals surface area (Å²) in [6, 6.07) is 7.46. The van der Waals surface area contributed by atoms with Crippen molar-refractivity contribution in [3.05, 3.63) is 53.7 Å². The first-order chi connectivity index (χ1) is 9.05. The molecule has 0 atom stereocenters. The molecule has 102 valence electrons. The molecule has 6 heteroatoms. The summed E-state index contributed by atoms with van der Waals surface area (Å²) in [4.78, 5) is 3.93. The molecule has 19 heavy (non-hydrogen) atoms. The standard InChI is InChI=1S/C13H16N2O3S/c1-11-2-4-12(5-3-11)9-19(16,17)15-7-6-13-8-18-10-14-13/h2-5,8,10,15H,6-7,9H2,1H3. The third kappa shape index (κ3) is 4.50. The van der Waals surface area contributed by atoms with Crippen molar-refractivity contribution in [2.45, 2.75) is 19.1 Å². The molecule has 1 aromatic heterocycles. The number of nitrogens with zero attached hydrogens (tertiary/aromatic N) is 1. The number of aryl methyl sites for hydroxylation is 1. The van der Waals surface area contributed by atoms with E-state index in [1.54, 1.807) is 0 Å². The third-order valence-corrected chi connectivity index (χ3v) is 4.02. The van der Waals surface area contributed by atoms with Crippen LogP contribution in [0.25, 0.3) is 0 Å². The van der Waals surface area contributed by atoms with Crippen LogP contribution in [0.5, 0.6) is 0 Å². The number of sulfonamides is 1. The first kappa shape index (κ1) is 13.8. The molecular weight excluding hydrogens is 264 g/mol. The maximum atomic E-state index is 11.9. The molecule has 1 N–H and O–H groups in total. The van der Waals surface area contributed by atoms with Gasteiger partial charge >= 0.3 is 0 Å². The average Bonchev–Trinajstić information content (AvgIpc) is 2.85. The van der Waals surface area contributed by atoms with E-state index in [9.17, 15) is 8.42 Å². The summed E-state index contributed by atoms with van der Waals surface area (Å²) in [6.45, 7) is 2.29. The molecule has 1 heterocycles. The van der Waals surface area contributed by atoms with Crippen LogP contribution in [0.4, 0.5) is 0 Å². The molecule has 0 saturated heterocycles. The molecule has 0 aliphatic rings. The van der Waals surface area contributed by atoms with Crippen LogP contribution < -0.4 is 4.72 Å². The van der Waals surface area contributed by atoms with Gasteiger partial charge in [0, 0.05) is 13.0 Å². The predicted octanol–water partition coefficient (Wildman–Crippen LogP) is 1.65. The van der Waals surface area contributed by atoms with E-state index in [-0.39, 0.29) is 5.75 Å². The zero-order valence-corrected chi connectivity index (χ0v) is 11.5. The van der Waals surface area contributed by atoms with E-state index in [0.29, 0.717) is 13.0 Å². The van der Waals surface area contributed by atoms with E-state index < -0.39 is 10.0 Å². The molecule has 0 aliphatic carbocycles. The molecule has 0 radical (unpaired) electrons. The molecule has 5 nitrogen and oxygen atoms in total. The lowest BCUT2D eigenvalue weighted by atomic mass is 10.2. The highest BCUT2D eigenvalue weighted by Gasteiger charge is 2.11. The second kappa shape index (κ2) is 5.99. The maximum Gasteiger partial charge on any atom is 0.215 e. The normalized spacial score (nSPS) is 11.6. The minimum absolute atomic E-state index is 0.00784. The topological polar surface area (TPSA) is 72.2 Å². The number of benzene rings is 1. The SMILES string of the molecule is Cc1ccc(CS(=O)(=O)NCCc2cocn2)cc1. The quantitative estimate of drug-likeness (QED) is 0.873. The second-order valence-electron chi connectivity index (χ2n) is 4.37. The molecule has 2 aromatic rings. The summed E-state index contributed by atoms with van der Waals surface area (Å²) in [5, 5.41) is 0. The summed E-state index contributed by atoms with van der Waals surface area (Å²) < 4.78 is 31.1. The van der Waals surface area contributed by atoms with Crippen molar-refractivity contribution in [2.24, 2.45) is 0 Å². The molecular formula is C13H16N2O3S. The van der Waals surface area contributed by atoms with Crippen molar-refractivity contribution in [3.8, 4) is 0 Å². The Morgan fingerprint density at radius 1 is 1.26 bits per heavy atom. The van der Waals surface area contributed by atoms with Crippen LogP contribution in [0.2, 0.25) is 0 Å². The molecule has 2 rings (SSSR count). The maximum absolute atomic E-state index is 11.9. The minimum atomic E-state index is -3.31. The summed E-state index contributed by atoms with van der Waals surface area (Å²) in [5.74, 6) is -0.00784. The Hall–Kier alpha value is -1.66. The zero-order chi connectivity index (χ0) is 13.7. The van der Waals surface area contributed by atoms with Gasteiger partial charge in [-0.3, -0.25) is 0 Å². The van der Waals surface area contributed by atoms with Gasteiger partial charge in [0.2, 0.25) is 10.0 Å². The highest BCUT2D eigenvalue weighted by molar-refractivity contribution is 7.88. The fourth-order valence-electron chi connectivity index (χ4n) is 1.65. The fourth-order valence-corrected chi connectivity index (χ4v) is 2.80. The van der Waals surface area contributed by atoms with Gasteiger partial charge in [-0.1, -0.05) is 29.8 Å². The van der Waals surface area contributed by atoms with Crippen LogP contribution in [0.15, 0.2) is 41.3 Å². The van der Waals surface area contributed by atoms with E-state index >= 15 is 0 Å².